The van der Waals surface area contributed by atoms with E-state index in [0.717, 1.165) is 4.90 Å². The Hall–Kier alpha value is -1.53. The van der Waals surface area contributed by atoms with Gasteiger partial charge in [-0.2, -0.15) is 13.2 Å². The summed E-state index contributed by atoms with van der Waals surface area (Å²) < 4.78 is 36.5. The Bertz CT molecular complexity index is 364. The van der Waals surface area contributed by atoms with Crippen molar-refractivity contribution in [1.29, 1.82) is 0 Å². The lowest BCUT2D eigenvalue weighted by Gasteiger charge is -2.20. The summed E-state index contributed by atoms with van der Waals surface area (Å²) in [4.78, 5) is 8.86. The van der Waals surface area contributed by atoms with E-state index in [0.29, 0.717) is 12.2 Å². The molecular formula is C9H13F3N4. The van der Waals surface area contributed by atoms with E-state index in [4.69, 9.17) is 5.73 Å². The molecule has 0 unspecified atom stereocenters. The number of aryl methyl sites for hydroxylation is 1. The maximum atomic E-state index is 12.2. The number of nitrogens with zero attached hydrogens (tertiary/aromatic N) is 3. The Balaban J connectivity index is 2.90. The van der Waals surface area contributed by atoms with Gasteiger partial charge in [-0.15, -0.1) is 0 Å². The molecule has 1 heterocycles. The Morgan fingerprint density at radius 1 is 1.38 bits per heavy atom. The second-order valence-electron chi connectivity index (χ2n) is 3.39. The van der Waals surface area contributed by atoms with E-state index in [9.17, 15) is 13.2 Å². The number of halogens is 3. The predicted molar refractivity (Wildman–Crippen MR) is 55.1 cm³/mol. The topological polar surface area (TPSA) is 55.0 Å². The normalized spacial score (nSPS) is 11.6. The number of hydrogen-bond acceptors (Lipinski definition) is 4. The number of nitrogens with two attached hydrogens (primary N) is 1. The van der Waals surface area contributed by atoms with Crippen LogP contribution >= 0.6 is 0 Å². The molecule has 0 bridgehead atoms. The van der Waals surface area contributed by atoms with Gasteiger partial charge in [-0.3, -0.25) is 0 Å². The fourth-order valence-electron chi connectivity index (χ4n) is 1.21. The third-order valence-electron chi connectivity index (χ3n) is 1.90. The number of nitrogen functional groups attached to an aromatic ring is 1. The van der Waals surface area contributed by atoms with Crippen LogP contribution in [0.5, 0.6) is 0 Å². The largest absolute Gasteiger partial charge is 0.405 e. The first-order valence-electron chi connectivity index (χ1n) is 4.73. The van der Waals surface area contributed by atoms with Gasteiger partial charge in [0.1, 0.15) is 24.0 Å². The molecule has 0 saturated carbocycles. The van der Waals surface area contributed by atoms with Gasteiger partial charge < -0.3 is 10.6 Å². The average molecular weight is 234 g/mol. The fraction of sp³-hybridized carbons (Fsp3) is 0.556. The summed E-state index contributed by atoms with van der Waals surface area (Å²) in [6.07, 6.45) is -3.74. The molecule has 0 spiro atoms. The second kappa shape index (κ2) is 4.54. The van der Waals surface area contributed by atoms with Gasteiger partial charge in [-0.25, -0.2) is 9.97 Å². The van der Waals surface area contributed by atoms with Crippen LogP contribution in [0.25, 0.3) is 0 Å². The van der Waals surface area contributed by atoms with Crippen LogP contribution < -0.4 is 10.6 Å². The molecule has 7 heteroatoms. The lowest BCUT2D eigenvalue weighted by atomic mass is 10.4. The van der Waals surface area contributed by atoms with Crippen molar-refractivity contribution in [1.82, 2.24) is 9.97 Å². The Kier molecular flexibility index (Phi) is 3.56. The van der Waals surface area contributed by atoms with Crippen molar-refractivity contribution < 1.29 is 13.2 Å². The summed E-state index contributed by atoms with van der Waals surface area (Å²) in [7, 11) is 1.31. The zero-order valence-electron chi connectivity index (χ0n) is 9.04. The lowest BCUT2D eigenvalue weighted by Crippen LogP contribution is -2.31. The highest BCUT2D eigenvalue weighted by Crippen LogP contribution is 2.20. The van der Waals surface area contributed by atoms with Gasteiger partial charge >= 0.3 is 6.18 Å². The van der Waals surface area contributed by atoms with Gasteiger partial charge in [0.15, 0.2) is 0 Å². The average Bonchev–Trinajstić information content (AvgIpc) is 2.14. The molecule has 0 fully saturated rings. The third kappa shape index (κ3) is 3.56. The maximum Gasteiger partial charge on any atom is 0.405 e. The fourth-order valence-corrected chi connectivity index (χ4v) is 1.21. The molecule has 2 N–H and O–H groups in total. The first-order valence-corrected chi connectivity index (χ1v) is 4.73. The van der Waals surface area contributed by atoms with Gasteiger partial charge in [-0.05, 0) is 0 Å². The van der Waals surface area contributed by atoms with Crippen molar-refractivity contribution in [2.45, 2.75) is 19.5 Å². The maximum absolute atomic E-state index is 12.2. The van der Waals surface area contributed by atoms with Crippen LogP contribution in [0, 0.1) is 0 Å². The third-order valence-corrected chi connectivity index (χ3v) is 1.90. The van der Waals surface area contributed by atoms with Crippen molar-refractivity contribution in [2.75, 3.05) is 24.2 Å². The SMILES string of the molecule is CCc1nc(N)cc(N(C)CC(F)(F)F)n1. The van der Waals surface area contributed by atoms with Crippen LogP contribution in [-0.2, 0) is 6.42 Å². The highest BCUT2D eigenvalue weighted by molar-refractivity contribution is 5.46. The molecule has 1 rings (SSSR count). The van der Waals surface area contributed by atoms with E-state index in [2.05, 4.69) is 9.97 Å². The summed E-state index contributed by atoms with van der Waals surface area (Å²) in [5.74, 6) is 0.793. The van der Waals surface area contributed by atoms with Crippen molar-refractivity contribution in [2.24, 2.45) is 0 Å². The molecule has 0 aromatic carbocycles. The molecular weight excluding hydrogens is 221 g/mol. The van der Waals surface area contributed by atoms with Crippen LogP contribution in [0.2, 0.25) is 0 Å². The minimum atomic E-state index is -4.26. The number of anilines is 2. The Morgan fingerprint density at radius 2 is 2.00 bits per heavy atom. The summed E-state index contributed by atoms with van der Waals surface area (Å²) >= 11 is 0. The van der Waals surface area contributed by atoms with Crippen LogP contribution in [0.1, 0.15) is 12.7 Å². The highest BCUT2D eigenvalue weighted by Gasteiger charge is 2.30. The lowest BCUT2D eigenvalue weighted by molar-refractivity contribution is -0.119. The van der Waals surface area contributed by atoms with E-state index < -0.39 is 12.7 Å². The molecule has 4 nitrogen and oxygen atoms in total. The molecule has 0 atom stereocenters. The number of rotatable bonds is 3. The highest BCUT2D eigenvalue weighted by atomic mass is 19.4. The Morgan fingerprint density at radius 3 is 2.50 bits per heavy atom. The van der Waals surface area contributed by atoms with Crippen molar-refractivity contribution in [3.63, 3.8) is 0 Å². The van der Waals surface area contributed by atoms with E-state index in [1.165, 1.54) is 13.1 Å². The molecule has 0 aliphatic carbocycles. The standard InChI is InChI=1S/C9H13F3N4/c1-3-7-14-6(13)4-8(15-7)16(2)5-9(10,11)12/h4H,3,5H2,1-2H3,(H2,13,14,15). The molecule has 16 heavy (non-hydrogen) atoms. The first kappa shape index (κ1) is 12.5. The number of alkyl halides is 3. The molecule has 90 valence electrons. The van der Waals surface area contributed by atoms with E-state index in [1.54, 1.807) is 0 Å². The van der Waals surface area contributed by atoms with Crippen LogP contribution in [0.3, 0.4) is 0 Å². The quantitative estimate of drug-likeness (QED) is 0.863. The predicted octanol–water partition coefficient (Wildman–Crippen LogP) is 1.62. The second-order valence-corrected chi connectivity index (χ2v) is 3.39. The molecule has 1 aromatic rings. The molecule has 0 amide bonds. The molecule has 0 radical (unpaired) electrons. The van der Waals surface area contributed by atoms with Crippen LogP contribution in [-0.4, -0.2) is 29.7 Å². The number of aromatic nitrogens is 2. The van der Waals surface area contributed by atoms with Gasteiger partial charge in [-0.1, -0.05) is 6.92 Å². The Labute approximate surface area is 91.3 Å². The van der Waals surface area contributed by atoms with Gasteiger partial charge in [0.2, 0.25) is 0 Å². The summed E-state index contributed by atoms with van der Waals surface area (Å²) in [5, 5.41) is 0. The molecule has 0 aliphatic heterocycles. The van der Waals surface area contributed by atoms with Gasteiger partial charge in [0.05, 0.1) is 0 Å². The smallest absolute Gasteiger partial charge is 0.384 e. The summed E-state index contributed by atoms with van der Waals surface area (Å²) in [6.45, 7) is 0.745. The van der Waals surface area contributed by atoms with Gasteiger partial charge in [0.25, 0.3) is 0 Å². The zero-order valence-corrected chi connectivity index (χ0v) is 9.04. The molecule has 0 saturated heterocycles. The minimum absolute atomic E-state index is 0.177. The van der Waals surface area contributed by atoms with Crippen LogP contribution in [0.4, 0.5) is 24.8 Å². The minimum Gasteiger partial charge on any atom is -0.384 e. The van der Waals surface area contributed by atoms with Gasteiger partial charge in [0, 0.05) is 19.5 Å². The van der Waals surface area contributed by atoms with Crippen molar-refractivity contribution in [3.05, 3.63) is 11.9 Å². The van der Waals surface area contributed by atoms with E-state index in [-0.39, 0.29) is 11.6 Å². The number of hydrogen-bond donors (Lipinski definition) is 1. The van der Waals surface area contributed by atoms with E-state index in [1.807, 2.05) is 6.92 Å². The molecule has 0 aliphatic rings. The van der Waals surface area contributed by atoms with Crippen LogP contribution in [0.15, 0.2) is 6.07 Å². The van der Waals surface area contributed by atoms with Crippen molar-refractivity contribution >= 4 is 11.6 Å². The zero-order chi connectivity index (χ0) is 12.3. The summed E-state index contributed by atoms with van der Waals surface area (Å²) in [5.41, 5.74) is 5.48. The monoisotopic (exact) mass is 234 g/mol. The van der Waals surface area contributed by atoms with E-state index >= 15 is 0 Å². The molecule has 1 aromatic heterocycles. The van der Waals surface area contributed by atoms with Crippen molar-refractivity contribution in [3.8, 4) is 0 Å². The first-order chi connectivity index (χ1) is 7.31. The summed E-state index contributed by atoms with van der Waals surface area (Å²) in [6, 6.07) is 1.32.